The topological polar surface area (TPSA) is 55.3 Å². The molecule has 0 heterocycles. The normalized spacial score (nSPS) is 10.6. The van der Waals surface area contributed by atoms with E-state index >= 15 is 0 Å². The van der Waals surface area contributed by atoms with Crippen LogP contribution in [0.4, 0.5) is 0 Å². The summed E-state index contributed by atoms with van der Waals surface area (Å²) >= 11 is 0. The second-order valence-corrected chi connectivity index (χ2v) is 4.01. The van der Waals surface area contributed by atoms with Crippen LogP contribution >= 0.6 is 8.60 Å². The van der Waals surface area contributed by atoms with Crippen LogP contribution in [0.1, 0.15) is 39.5 Å². The Labute approximate surface area is 98.0 Å². The summed E-state index contributed by atoms with van der Waals surface area (Å²) in [5.74, 6) is 0.738. The zero-order valence-electron chi connectivity index (χ0n) is 8.49. The fourth-order valence-corrected chi connectivity index (χ4v) is 1.25. The molecule has 13 heavy (non-hydrogen) atoms. The van der Waals surface area contributed by atoms with Gasteiger partial charge in [-0.05, 0) is 12.3 Å². The molecule has 74 valence electrons. The molecule has 0 aliphatic heterocycles. The van der Waals surface area contributed by atoms with Gasteiger partial charge in [0.05, 0.1) is 0 Å². The van der Waals surface area contributed by atoms with Gasteiger partial charge in [-0.2, -0.15) is 8.60 Å². The molecule has 3 nitrogen and oxygen atoms in total. The van der Waals surface area contributed by atoms with Crippen molar-refractivity contribution >= 4 is 31.7 Å². The van der Waals surface area contributed by atoms with Gasteiger partial charge < -0.3 is 14.3 Å². The van der Waals surface area contributed by atoms with Crippen LogP contribution in [0.5, 0.6) is 0 Å². The molecule has 0 saturated carbocycles. The minimum Gasteiger partial charge on any atom is -0.820 e. The fraction of sp³-hybridized carbons (Fsp3) is 1.00. The first kappa shape index (κ1) is 16.5. The summed E-state index contributed by atoms with van der Waals surface area (Å²) in [5.41, 5.74) is 0. The van der Waals surface area contributed by atoms with Crippen LogP contribution in [-0.4, -0.2) is 29.7 Å². The molecular formula is C8H17MgO3P. The molecule has 0 fully saturated rings. The average Bonchev–Trinajstić information content (AvgIpc) is 1.95. The van der Waals surface area contributed by atoms with Crippen molar-refractivity contribution < 1.29 is 14.3 Å². The third-order valence-corrected chi connectivity index (χ3v) is 2.02. The third-order valence-electron chi connectivity index (χ3n) is 1.62. The molecule has 0 aliphatic rings. The van der Waals surface area contributed by atoms with Crippen LogP contribution in [0, 0.1) is 5.92 Å². The quantitative estimate of drug-likeness (QED) is 0.359. The molecule has 5 heteroatoms. The molecule has 0 N–H and O–H groups in total. The number of hydrogen-bond acceptors (Lipinski definition) is 3. The zero-order chi connectivity index (χ0) is 9.40. The molecule has 0 bridgehead atoms. The van der Waals surface area contributed by atoms with Gasteiger partial charge in [0.15, 0.2) is 0 Å². The van der Waals surface area contributed by atoms with Gasteiger partial charge in [-0.15, -0.1) is 0 Å². The summed E-state index contributed by atoms with van der Waals surface area (Å²) in [4.78, 5) is 19.9. The molecule has 0 radical (unpaired) electrons. The maximum atomic E-state index is 9.96. The van der Waals surface area contributed by atoms with Crippen LogP contribution < -0.4 is 9.79 Å². The Balaban J connectivity index is 0. The van der Waals surface area contributed by atoms with Gasteiger partial charge in [-0.1, -0.05) is 33.1 Å². The van der Waals surface area contributed by atoms with Crippen LogP contribution in [0.2, 0.25) is 0 Å². The first-order chi connectivity index (χ1) is 5.63. The minimum absolute atomic E-state index is 0. The summed E-state index contributed by atoms with van der Waals surface area (Å²) in [7, 11) is -2.63. The molecule has 0 atom stereocenters. The zero-order valence-corrected chi connectivity index (χ0v) is 10.8. The molecule has 0 aromatic rings. The molecule has 0 rings (SSSR count). The van der Waals surface area contributed by atoms with E-state index in [4.69, 9.17) is 0 Å². The van der Waals surface area contributed by atoms with Gasteiger partial charge in [0.25, 0.3) is 0 Å². The average molecular weight is 216 g/mol. The molecule has 0 aliphatic carbocycles. The van der Waals surface area contributed by atoms with Crippen molar-refractivity contribution in [3.8, 4) is 0 Å². The van der Waals surface area contributed by atoms with Crippen LogP contribution in [0.25, 0.3) is 0 Å². The van der Waals surface area contributed by atoms with Gasteiger partial charge in [0.1, 0.15) is 0 Å². The Morgan fingerprint density at radius 2 is 1.77 bits per heavy atom. The van der Waals surface area contributed by atoms with E-state index < -0.39 is 8.60 Å². The van der Waals surface area contributed by atoms with Gasteiger partial charge in [-0.25, -0.2) is 0 Å². The summed E-state index contributed by atoms with van der Waals surface area (Å²) in [5, 5.41) is 0. The standard InChI is InChI=1S/C8H17O3P.Mg/c1-8(2)6-4-3-5-7-11-12(9)10;/h8H,3-7H2,1-2H3;/q-2;+2. The largest absolute Gasteiger partial charge is 2.00 e. The van der Waals surface area contributed by atoms with Crippen LogP contribution in [-0.2, 0) is 4.52 Å². The minimum atomic E-state index is -2.63. The Hall–Kier alpha value is 1.08. The van der Waals surface area contributed by atoms with Crippen molar-refractivity contribution in [2.75, 3.05) is 6.61 Å². The predicted octanol–water partition coefficient (Wildman–Crippen LogP) is 0.786. The van der Waals surface area contributed by atoms with Crippen LogP contribution in [0.15, 0.2) is 0 Å². The van der Waals surface area contributed by atoms with E-state index in [9.17, 15) is 9.79 Å². The smallest absolute Gasteiger partial charge is 0.820 e. The molecule has 0 unspecified atom stereocenters. The second-order valence-electron chi connectivity index (χ2n) is 3.30. The maximum absolute atomic E-state index is 9.96. The Morgan fingerprint density at radius 3 is 2.23 bits per heavy atom. The summed E-state index contributed by atoms with van der Waals surface area (Å²) in [6.07, 6.45) is 4.28. The van der Waals surface area contributed by atoms with Gasteiger partial charge >= 0.3 is 23.1 Å². The van der Waals surface area contributed by atoms with E-state index in [1.165, 1.54) is 6.42 Å². The second kappa shape index (κ2) is 11.2. The van der Waals surface area contributed by atoms with E-state index in [0.29, 0.717) is 6.61 Å². The predicted molar refractivity (Wildman–Crippen MR) is 51.9 cm³/mol. The Kier molecular flexibility index (Phi) is 14.2. The molecule has 0 aromatic carbocycles. The monoisotopic (exact) mass is 216 g/mol. The first-order valence-corrected chi connectivity index (χ1v) is 5.49. The maximum Gasteiger partial charge on any atom is 2.00 e. The van der Waals surface area contributed by atoms with Crippen molar-refractivity contribution in [1.29, 1.82) is 0 Å². The van der Waals surface area contributed by atoms with E-state index in [2.05, 4.69) is 18.4 Å². The first-order valence-electron chi connectivity index (χ1n) is 4.40. The van der Waals surface area contributed by atoms with E-state index in [0.717, 1.165) is 25.2 Å². The van der Waals surface area contributed by atoms with Crippen molar-refractivity contribution in [1.82, 2.24) is 0 Å². The third kappa shape index (κ3) is 15.8. The van der Waals surface area contributed by atoms with Crippen molar-refractivity contribution in [2.24, 2.45) is 5.92 Å². The SMILES string of the molecule is CC(C)CCCCCOP([O-])[O-].[Mg+2]. The van der Waals surface area contributed by atoms with Gasteiger partial charge in [0, 0.05) is 6.61 Å². The fourth-order valence-electron chi connectivity index (χ4n) is 0.971. The van der Waals surface area contributed by atoms with Gasteiger partial charge in [0.2, 0.25) is 0 Å². The molecule has 0 amide bonds. The van der Waals surface area contributed by atoms with Crippen molar-refractivity contribution in [2.45, 2.75) is 39.5 Å². The molecule has 0 saturated heterocycles. The number of rotatable bonds is 7. The van der Waals surface area contributed by atoms with E-state index in [1.807, 2.05) is 0 Å². The van der Waals surface area contributed by atoms with E-state index in [1.54, 1.807) is 0 Å². The number of unbranched alkanes of at least 4 members (excludes halogenated alkanes) is 2. The summed E-state index contributed by atoms with van der Waals surface area (Å²) in [6, 6.07) is 0. The molecular weight excluding hydrogens is 199 g/mol. The van der Waals surface area contributed by atoms with E-state index in [-0.39, 0.29) is 23.1 Å². The summed E-state index contributed by atoms with van der Waals surface area (Å²) in [6.45, 7) is 4.72. The molecule has 0 spiro atoms. The Morgan fingerprint density at radius 1 is 1.15 bits per heavy atom. The van der Waals surface area contributed by atoms with Gasteiger partial charge in [-0.3, -0.25) is 0 Å². The summed E-state index contributed by atoms with van der Waals surface area (Å²) < 4.78 is 4.40. The van der Waals surface area contributed by atoms with Crippen molar-refractivity contribution in [3.63, 3.8) is 0 Å². The molecule has 0 aromatic heterocycles. The van der Waals surface area contributed by atoms with Crippen LogP contribution in [0.3, 0.4) is 0 Å². The Bertz CT molecular complexity index is 89.4. The van der Waals surface area contributed by atoms with Crippen molar-refractivity contribution in [3.05, 3.63) is 0 Å². The number of hydrogen-bond donors (Lipinski definition) is 0.